The number of nitrogens with two attached hydrogens (primary N) is 1. The number of hydrogen-bond donors (Lipinski definition) is 1. The zero-order valence-corrected chi connectivity index (χ0v) is 10.7. The second kappa shape index (κ2) is 5.38. The van der Waals surface area contributed by atoms with Crippen LogP contribution in [0.5, 0.6) is 0 Å². The molecular weight excluding hydrogens is 283 g/mol. The molecule has 0 amide bonds. The molecule has 1 aromatic heterocycles. The number of rotatable bonds is 3. The van der Waals surface area contributed by atoms with Crippen molar-refractivity contribution < 1.29 is 4.39 Å². The lowest BCUT2D eigenvalue weighted by atomic mass is 10.0. The summed E-state index contributed by atoms with van der Waals surface area (Å²) in [5.41, 5.74) is 7.70. The predicted octanol–water partition coefficient (Wildman–Crippen LogP) is 3.23. The molecule has 0 aliphatic rings. The van der Waals surface area contributed by atoms with Crippen molar-refractivity contribution in [2.45, 2.75) is 12.5 Å². The van der Waals surface area contributed by atoms with E-state index in [2.05, 4.69) is 20.9 Å². The normalized spacial score (nSPS) is 12.4. The Morgan fingerprint density at radius 2 is 2.12 bits per heavy atom. The van der Waals surface area contributed by atoms with Crippen LogP contribution in [0, 0.1) is 5.82 Å². The maximum absolute atomic E-state index is 13.0. The summed E-state index contributed by atoms with van der Waals surface area (Å²) in [6.07, 6.45) is 2.32. The minimum Gasteiger partial charge on any atom is -0.324 e. The van der Waals surface area contributed by atoms with Gasteiger partial charge in [0, 0.05) is 28.8 Å². The summed E-state index contributed by atoms with van der Waals surface area (Å²) in [7, 11) is 0. The highest BCUT2D eigenvalue weighted by atomic mass is 79.9. The van der Waals surface area contributed by atoms with Crippen LogP contribution in [0.2, 0.25) is 0 Å². The third kappa shape index (κ3) is 3.35. The molecule has 4 heteroatoms. The van der Waals surface area contributed by atoms with Crippen LogP contribution in [-0.2, 0) is 6.42 Å². The quantitative estimate of drug-likeness (QED) is 0.944. The van der Waals surface area contributed by atoms with Gasteiger partial charge in [-0.1, -0.05) is 12.1 Å². The lowest BCUT2D eigenvalue weighted by Crippen LogP contribution is -2.14. The molecule has 0 fully saturated rings. The van der Waals surface area contributed by atoms with Gasteiger partial charge in [-0.3, -0.25) is 4.98 Å². The summed E-state index contributed by atoms with van der Waals surface area (Å²) in [5, 5.41) is 0. The molecule has 0 aliphatic heterocycles. The van der Waals surface area contributed by atoms with Gasteiger partial charge in [0.2, 0.25) is 0 Å². The number of hydrogen-bond acceptors (Lipinski definition) is 2. The van der Waals surface area contributed by atoms with Gasteiger partial charge in [-0.15, -0.1) is 0 Å². The van der Waals surface area contributed by atoms with Crippen molar-refractivity contribution in [2.75, 3.05) is 0 Å². The summed E-state index contributed by atoms with van der Waals surface area (Å²) in [6.45, 7) is 0. The van der Waals surface area contributed by atoms with Crippen molar-refractivity contribution in [3.63, 3.8) is 0 Å². The number of nitrogens with zero attached hydrogens (tertiary/aromatic N) is 1. The summed E-state index contributed by atoms with van der Waals surface area (Å²) >= 11 is 3.32. The van der Waals surface area contributed by atoms with Crippen molar-refractivity contribution >= 4 is 15.9 Å². The molecule has 88 valence electrons. The van der Waals surface area contributed by atoms with Crippen LogP contribution in [-0.4, -0.2) is 4.98 Å². The first-order valence-electron chi connectivity index (χ1n) is 5.26. The molecular formula is C13H12BrFN2. The van der Waals surface area contributed by atoms with E-state index in [0.29, 0.717) is 6.42 Å². The van der Waals surface area contributed by atoms with Crippen molar-refractivity contribution in [3.05, 3.63) is 64.1 Å². The Balaban J connectivity index is 2.11. The maximum Gasteiger partial charge on any atom is 0.123 e. The molecule has 17 heavy (non-hydrogen) atoms. The highest BCUT2D eigenvalue weighted by Gasteiger charge is 2.08. The monoisotopic (exact) mass is 294 g/mol. The van der Waals surface area contributed by atoms with E-state index >= 15 is 0 Å². The van der Waals surface area contributed by atoms with E-state index in [0.717, 1.165) is 15.7 Å². The number of benzene rings is 1. The molecule has 0 saturated carbocycles. The molecule has 0 bridgehead atoms. The zero-order valence-electron chi connectivity index (χ0n) is 9.11. The van der Waals surface area contributed by atoms with Crippen LogP contribution in [0.3, 0.4) is 0 Å². The summed E-state index contributed by atoms with van der Waals surface area (Å²) < 4.78 is 14.0. The minimum atomic E-state index is -0.262. The Hall–Kier alpha value is -1.26. The Labute approximate surface area is 108 Å². The van der Waals surface area contributed by atoms with E-state index < -0.39 is 0 Å². The van der Waals surface area contributed by atoms with Gasteiger partial charge >= 0.3 is 0 Å². The number of halogens is 2. The topological polar surface area (TPSA) is 38.9 Å². The molecule has 0 aliphatic carbocycles. The van der Waals surface area contributed by atoms with Gasteiger partial charge in [0.1, 0.15) is 5.82 Å². The molecule has 0 radical (unpaired) electrons. The molecule has 0 saturated heterocycles. The van der Waals surface area contributed by atoms with E-state index in [1.807, 2.05) is 18.2 Å². The molecule has 1 unspecified atom stereocenters. The van der Waals surface area contributed by atoms with Crippen LogP contribution in [0.15, 0.2) is 47.1 Å². The average Bonchev–Trinajstić information content (AvgIpc) is 2.32. The smallest absolute Gasteiger partial charge is 0.123 e. The van der Waals surface area contributed by atoms with Crippen molar-refractivity contribution in [3.8, 4) is 0 Å². The second-order valence-electron chi connectivity index (χ2n) is 3.83. The first-order chi connectivity index (χ1) is 8.15. The largest absolute Gasteiger partial charge is 0.324 e. The fraction of sp³-hybridized carbons (Fsp3) is 0.154. The first kappa shape index (κ1) is 12.2. The van der Waals surface area contributed by atoms with Gasteiger partial charge in [-0.2, -0.15) is 0 Å². The molecule has 1 aromatic carbocycles. The fourth-order valence-electron chi connectivity index (χ4n) is 1.61. The van der Waals surface area contributed by atoms with E-state index in [9.17, 15) is 4.39 Å². The second-order valence-corrected chi connectivity index (χ2v) is 4.75. The summed E-state index contributed by atoms with van der Waals surface area (Å²) in [4.78, 5) is 4.25. The fourth-order valence-corrected chi connectivity index (χ4v) is 1.84. The van der Waals surface area contributed by atoms with Crippen LogP contribution >= 0.6 is 15.9 Å². The first-order valence-corrected chi connectivity index (χ1v) is 6.06. The SMILES string of the molecule is NC(Cc1ccc(Br)cn1)c1cccc(F)c1. The van der Waals surface area contributed by atoms with Crippen molar-refractivity contribution in [1.82, 2.24) is 4.98 Å². The maximum atomic E-state index is 13.0. The molecule has 2 rings (SSSR count). The molecule has 2 nitrogen and oxygen atoms in total. The van der Waals surface area contributed by atoms with Crippen LogP contribution in [0.4, 0.5) is 4.39 Å². The van der Waals surface area contributed by atoms with Crippen molar-refractivity contribution in [2.24, 2.45) is 5.73 Å². The minimum absolute atomic E-state index is 0.237. The molecule has 2 aromatic rings. The average molecular weight is 295 g/mol. The number of aromatic nitrogens is 1. The Morgan fingerprint density at radius 3 is 2.76 bits per heavy atom. The highest BCUT2D eigenvalue weighted by Crippen LogP contribution is 2.17. The van der Waals surface area contributed by atoms with Gasteiger partial charge in [-0.05, 0) is 45.8 Å². The standard InChI is InChI=1S/C13H12BrFN2/c14-10-4-5-12(17-8-10)7-13(16)9-2-1-3-11(15)6-9/h1-6,8,13H,7,16H2. The van der Waals surface area contributed by atoms with Gasteiger partial charge in [0.15, 0.2) is 0 Å². The Kier molecular flexibility index (Phi) is 3.86. The van der Waals surface area contributed by atoms with Crippen LogP contribution in [0.25, 0.3) is 0 Å². The third-order valence-electron chi connectivity index (χ3n) is 2.49. The molecule has 1 heterocycles. The Morgan fingerprint density at radius 1 is 1.29 bits per heavy atom. The van der Waals surface area contributed by atoms with E-state index in [4.69, 9.17) is 5.73 Å². The van der Waals surface area contributed by atoms with Crippen LogP contribution < -0.4 is 5.73 Å². The number of pyridine rings is 1. The van der Waals surface area contributed by atoms with E-state index in [1.165, 1.54) is 12.1 Å². The van der Waals surface area contributed by atoms with E-state index in [1.54, 1.807) is 12.3 Å². The predicted molar refractivity (Wildman–Crippen MR) is 69.0 cm³/mol. The van der Waals surface area contributed by atoms with Crippen LogP contribution in [0.1, 0.15) is 17.3 Å². The van der Waals surface area contributed by atoms with Gasteiger partial charge in [0.25, 0.3) is 0 Å². The lowest BCUT2D eigenvalue weighted by Gasteiger charge is -2.11. The molecule has 0 spiro atoms. The Bertz CT molecular complexity index is 499. The van der Waals surface area contributed by atoms with Gasteiger partial charge < -0.3 is 5.73 Å². The highest BCUT2D eigenvalue weighted by molar-refractivity contribution is 9.10. The van der Waals surface area contributed by atoms with Gasteiger partial charge in [-0.25, -0.2) is 4.39 Å². The van der Waals surface area contributed by atoms with Gasteiger partial charge in [0.05, 0.1) is 0 Å². The molecule has 1 atom stereocenters. The molecule has 2 N–H and O–H groups in total. The zero-order chi connectivity index (χ0) is 12.3. The summed E-state index contributed by atoms with van der Waals surface area (Å²) in [5.74, 6) is -0.262. The van der Waals surface area contributed by atoms with Crippen molar-refractivity contribution in [1.29, 1.82) is 0 Å². The lowest BCUT2D eigenvalue weighted by molar-refractivity contribution is 0.617. The summed E-state index contributed by atoms with van der Waals surface area (Å²) in [6, 6.07) is 9.95. The van der Waals surface area contributed by atoms with E-state index in [-0.39, 0.29) is 11.9 Å². The third-order valence-corrected chi connectivity index (χ3v) is 2.96.